The van der Waals surface area contributed by atoms with E-state index in [0.717, 1.165) is 17.9 Å². The lowest BCUT2D eigenvalue weighted by molar-refractivity contribution is -0.266. The quantitative estimate of drug-likeness (QED) is 0.787. The van der Waals surface area contributed by atoms with Gasteiger partial charge < -0.3 is 14.6 Å². The minimum absolute atomic E-state index is 0.0892. The Bertz CT molecular complexity index is 374. The van der Waals surface area contributed by atoms with Gasteiger partial charge in [-0.05, 0) is 19.1 Å². The van der Waals surface area contributed by atoms with Crippen molar-refractivity contribution >= 4 is 17.5 Å². The van der Waals surface area contributed by atoms with Crippen molar-refractivity contribution < 1.29 is 19.4 Å². The molecule has 4 nitrogen and oxygen atoms in total. The lowest BCUT2D eigenvalue weighted by Gasteiger charge is -2.45. The van der Waals surface area contributed by atoms with Crippen LogP contribution in [0.25, 0.3) is 0 Å². The van der Waals surface area contributed by atoms with E-state index in [2.05, 4.69) is 6.92 Å². The van der Waals surface area contributed by atoms with Crippen molar-refractivity contribution in [2.45, 2.75) is 50.8 Å². The molecule has 0 amide bonds. The Morgan fingerprint density at radius 3 is 3.00 bits per heavy atom. The number of thioether (sulfide) groups is 1. The van der Waals surface area contributed by atoms with Crippen molar-refractivity contribution in [2.24, 2.45) is 11.8 Å². The molecule has 18 heavy (non-hydrogen) atoms. The number of fused-ring (bicyclic) bond motifs is 2. The molecule has 0 radical (unpaired) electrons. The molecule has 3 rings (SSSR count). The van der Waals surface area contributed by atoms with E-state index in [-0.39, 0.29) is 24.0 Å². The number of Topliss-reactive ketones (excluding diaryl/α,β-unsaturated/α-hetero) is 1. The van der Waals surface area contributed by atoms with Crippen LogP contribution in [0.4, 0.5) is 0 Å². The molecule has 1 N–H and O–H groups in total. The van der Waals surface area contributed by atoms with Gasteiger partial charge in [0.2, 0.25) is 0 Å². The van der Waals surface area contributed by atoms with Crippen molar-refractivity contribution in [1.82, 2.24) is 0 Å². The molecule has 2 saturated heterocycles. The van der Waals surface area contributed by atoms with Crippen LogP contribution in [0.5, 0.6) is 0 Å². The molecule has 5 heteroatoms. The second-order valence-electron chi connectivity index (χ2n) is 5.81. The van der Waals surface area contributed by atoms with E-state index in [1.165, 1.54) is 0 Å². The SMILES string of the molecule is CCCSCC1[C@H]2O[C@@]3(C)CC(=O)[C@@H]1C[C@]3(O)O2. The molecule has 5 atom stereocenters. The number of ketones is 1. The Hall–Kier alpha value is -0.100. The van der Waals surface area contributed by atoms with Gasteiger partial charge in [-0.2, -0.15) is 11.8 Å². The minimum atomic E-state index is -1.25. The summed E-state index contributed by atoms with van der Waals surface area (Å²) in [5.41, 5.74) is -0.838. The van der Waals surface area contributed by atoms with Crippen molar-refractivity contribution in [2.75, 3.05) is 11.5 Å². The highest BCUT2D eigenvalue weighted by atomic mass is 32.2. The van der Waals surface area contributed by atoms with E-state index >= 15 is 0 Å². The molecule has 0 aromatic rings. The minimum Gasteiger partial charge on any atom is -0.363 e. The van der Waals surface area contributed by atoms with Gasteiger partial charge in [0.1, 0.15) is 11.4 Å². The van der Waals surface area contributed by atoms with Crippen LogP contribution >= 0.6 is 11.8 Å². The lowest BCUT2D eigenvalue weighted by atomic mass is 9.70. The van der Waals surface area contributed by atoms with Gasteiger partial charge in [-0.1, -0.05) is 6.92 Å². The second kappa shape index (κ2) is 4.20. The molecule has 3 bridgehead atoms. The van der Waals surface area contributed by atoms with Gasteiger partial charge in [-0.25, -0.2) is 0 Å². The van der Waals surface area contributed by atoms with Gasteiger partial charge in [-0.3, -0.25) is 4.79 Å². The number of carbonyl (C=O) groups is 1. The first kappa shape index (κ1) is 12.9. The summed E-state index contributed by atoms with van der Waals surface area (Å²) in [7, 11) is 0. The Morgan fingerprint density at radius 1 is 1.50 bits per heavy atom. The largest absolute Gasteiger partial charge is 0.363 e. The second-order valence-corrected chi connectivity index (χ2v) is 6.96. The molecule has 1 saturated carbocycles. The predicted octanol–water partition coefficient (Wildman–Crippen LogP) is 1.56. The van der Waals surface area contributed by atoms with Crippen LogP contribution in [-0.4, -0.2) is 40.1 Å². The van der Waals surface area contributed by atoms with Crippen LogP contribution in [0.1, 0.15) is 33.1 Å². The molecule has 2 aliphatic heterocycles. The van der Waals surface area contributed by atoms with Crippen molar-refractivity contribution in [3.05, 3.63) is 0 Å². The molecule has 1 unspecified atom stereocenters. The van der Waals surface area contributed by atoms with E-state index in [0.29, 0.717) is 6.42 Å². The van der Waals surface area contributed by atoms with E-state index in [9.17, 15) is 9.90 Å². The summed E-state index contributed by atoms with van der Waals surface area (Å²) in [6.45, 7) is 3.94. The summed E-state index contributed by atoms with van der Waals surface area (Å²) in [6, 6.07) is 0. The average molecular weight is 272 g/mol. The van der Waals surface area contributed by atoms with E-state index < -0.39 is 17.7 Å². The smallest absolute Gasteiger partial charge is 0.198 e. The first-order valence-electron chi connectivity index (χ1n) is 6.67. The third-order valence-electron chi connectivity index (χ3n) is 4.46. The van der Waals surface area contributed by atoms with Crippen molar-refractivity contribution in [3.8, 4) is 0 Å². The Kier molecular flexibility index (Phi) is 3.01. The van der Waals surface area contributed by atoms with Crippen molar-refractivity contribution in [1.29, 1.82) is 0 Å². The maximum Gasteiger partial charge on any atom is 0.198 e. The summed E-state index contributed by atoms with van der Waals surface area (Å²) in [5, 5.41) is 10.5. The van der Waals surface area contributed by atoms with Crippen LogP contribution in [0, 0.1) is 11.8 Å². The molecule has 1 aliphatic carbocycles. The molecule has 0 aromatic carbocycles. The number of aliphatic hydroxyl groups is 1. The first-order valence-corrected chi connectivity index (χ1v) is 7.83. The summed E-state index contributed by atoms with van der Waals surface area (Å²) >= 11 is 1.84. The summed E-state index contributed by atoms with van der Waals surface area (Å²) < 4.78 is 11.6. The van der Waals surface area contributed by atoms with Gasteiger partial charge in [0.15, 0.2) is 12.1 Å². The molecule has 3 aliphatic rings. The molecule has 2 heterocycles. The fourth-order valence-corrected chi connectivity index (χ4v) is 4.44. The Balaban J connectivity index is 1.81. The summed E-state index contributed by atoms with van der Waals surface area (Å²) in [5.74, 6) is 0.956. The fourth-order valence-electron chi connectivity index (χ4n) is 3.32. The Morgan fingerprint density at radius 2 is 2.28 bits per heavy atom. The van der Waals surface area contributed by atoms with E-state index in [1.807, 2.05) is 11.8 Å². The van der Waals surface area contributed by atoms with Crippen LogP contribution in [0.2, 0.25) is 0 Å². The third kappa shape index (κ3) is 1.68. The van der Waals surface area contributed by atoms with Crippen LogP contribution in [-0.2, 0) is 14.3 Å². The first-order chi connectivity index (χ1) is 8.49. The number of carbonyl (C=O) groups excluding carboxylic acids is 1. The normalized spacial score (nSPS) is 49.9. The van der Waals surface area contributed by atoms with Gasteiger partial charge in [0, 0.05) is 30.4 Å². The molecular weight excluding hydrogens is 252 g/mol. The third-order valence-corrected chi connectivity index (χ3v) is 5.78. The van der Waals surface area contributed by atoms with E-state index in [1.54, 1.807) is 6.92 Å². The zero-order chi connectivity index (χ0) is 13.0. The monoisotopic (exact) mass is 272 g/mol. The number of hydrogen-bond acceptors (Lipinski definition) is 5. The molecule has 3 fully saturated rings. The van der Waals surface area contributed by atoms with Crippen LogP contribution in [0.3, 0.4) is 0 Å². The highest BCUT2D eigenvalue weighted by molar-refractivity contribution is 7.99. The highest BCUT2D eigenvalue weighted by Gasteiger charge is 2.69. The van der Waals surface area contributed by atoms with Gasteiger partial charge in [-0.15, -0.1) is 0 Å². The number of hydrogen-bond donors (Lipinski definition) is 1. The lowest BCUT2D eigenvalue weighted by Crippen LogP contribution is -2.59. The van der Waals surface area contributed by atoms with Gasteiger partial charge in [0.25, 0.3) is 0 Å². The predicted molar refractivity (Wildman–Crippen MR) is 68.1 cm³/mol. The average Bonchev–Trinajstić information content (AvgIpc) is 2.46. The van der Waals surface area contributed by atoms with E-state index in [4.69, 9.17) is 9.47 Å². The summed E-state index contributed by atoms with van der Waals surface area (Å²) in [4.78, 5) is 12.2. The number of ether oxygens (including phenoxy) is 2. The Labute approximate surface area is 111 Å². The maximum absolute atomic E-state index is 12.2. The van der Waals surface area contributed by atoms with Crippen LogP contribution < -0.4 is 0 Å². The van der Waals surface area contributed by atoms with Crippen LogP contribution in [0.15, 0.2) is 0 Å². The highest BCUT2D eigenvalue weighted by Crippen LogP contribution is 2.56. The van der Waals surface area contributed by atoms with Crippen molar-refractivity contribution in [3.63, 3.8) is 0 Å². The van der Waals surface area contributed by atoms with Gasteiger partial charge in [0.05, 0.1) is 0 Å². The topological polar surface area (TPSA) is 55.8 Å². The molecular formula is C13H20O4S. The summed E-state index contributed by atoms with van der Waals surface area (Å²) in [6.07, 6.45) is 1.40. The van der Waals surface area contributed by atoms with Gasteiger partial charge >= 0.3 is 0 Å². The zero-order valence-corrected chi connectivity index (χ0v) is 11.7. The fraction of sp³-hybridized carbons (Fsp3) is 0.923. The standard InChI is InChI=1S/C13H20O4S/c1-3-4-18-7-9-8-5-13(15)12(2,6-10(8)14)16-11(9)17-13/h8-9,11,15H,3-7H2,1-2H3/t8-,9?,11+,12+,13+/m1/s1. The molecule has 102 valence electrons. The number of rotatable bonds is 4. The zero-order valence-electron chi connectivity index (χ0n) is 10.8. The molecule has 0 aromatic heterocycles. The maximum atomic E-state index is 12.2. The molecule has 0 spiro atoms.